The van der Waals surface area contributed by atoms with Crippen LogP contribution in [0.25, 0.3) is 0 Å². The largest absolute Gasteiger partial charge is 0.493 e. The summed E-state index contributed by atoms with van der Waals surface area (Å²) >= 11 is 0. The molecule has 7 heteroatoms. The van der Waals surface area contributed by atoms with Gasteiger partial charge in [0, 0.05) is 24.9 Å². The Labute approximate surface area is 189 Å². The van der Waals surface area contributed by atoms with Crippen molar-refractivity contribution in [3.63, 3.8) is 0 Å². The van der Waals surface area contributed by atoms with Gasteiger partial charge in [0.15, 0.2) is 16.9 Å². The lowest BCUT2D eigenvalue weighted by Crippen LogP contribution is -2.47. The second kappa shape index (κ2) is 9.77. The van der Waals surface area contributed by atoms with Gasteiger partial charge < -0.3 is 20.1 Å². The molecule has 0 fully saturated rings. The van der Waals surface area contributed by atoms with Crippen molar-refractivity contribution in [3.05, 3.63) is 46.7 Å². The molecule has 0 amide bonds. The molecule has 1 aromatic rings. The minimum absolute atomic E-state index is 0.0286. The van der Waals surface area contributed by atoms with E-state index in [2.05, 4.69) is 30.0 Å². The fourth-order valence-corrected chi connectivity index (χ4v) is 4.73. The zero-order valence-electron chi connectivity index (χ0n) is 18.9. The maximum absolute atomic E-state index is 10.2. The first-order valence-electron chi connectivity index (χ1n) is 10.9. The third-order valence-corrected chi connectivity index (χ3v) is 6.40. The lowest BCUT2D eigenvalue weighted by atomic mass is 9.58. The number of rotatable bonds is 7. The van der Waals surface area contributed by atoms with Crippen LogP contribution < -0.4 is 15.2 Å². The molecule has 1 aromatic carbocycles. The van der Waals surface area contributed by atoms with Gasteiger partial charge >= 0.3 is 0 Å². The fraction of sp³-hybridized carbons (Fsp3) is 0.480. The van der Waals surface area contributed by atoms with Crippen LogP contribution in [0, 0.1) is 45.3 Å². The second-order valence-electron chi connectivity index (χ2n) is 8.36. The topological polar surface area (TPSA) is 119 Å². The molecule has 0 spiro atoms. The lowest BCUT2D eigenvalue weighted by Gasteiger charge is -2.45. The van der Waals surface area contributed by atoms with E-state index < -0.39 is 11.3 Å². The van der Waals surface area contributed by atoms with Crippen LogP contribution in [0.1, 0.15) is 37.7 Å². The average molecular weight is 432 g/mol. The highest BCUT2D eigenvalue weighted by Crippen LogP contribution is 2.54. The molecule has 1 aliphatic carbocycles. The standard InChI is InChI=1S/C25H29N5O2/c1-4-5-6-11-32-21-8-7-17(12-22(21)31-3)23-20-14-30(2)10-9-18(20)19(13-26)24(29)25(23,15-27)16-28/h7-9,12,20,23H,4-6,10-11,14,29H2,1-3H3/t20-,23-/m1/s1. The summed E-state index contributed by atoms with van der Waals surface area (Å²) in [7, 11) is 3.55. The number of nitriles is 3. The SMILES string of the molecule is CCCCCOc1ccc([C@@H]2[C@@H]3CN(C)CC=C3C(C#N)=C(N)C2(C#N)C#N)cc1OC. The van der Waals surface area contributed by atoms with Crippen molar-refractivity contribution in [3.8, 4) is 29.7 Å². The van der Waals surface area contributed by atoms with E-state index in [4.69, 9.17) is 15.2 Å². The molecule has 2 atom stereocenters. The number of nitrogens with zero attached hydrogens (tertiary/aromatic N) is 4. The number of nitrogens with two attached hydrogens (primary N) is 1. The van der Waals surface area contributed by atoms with Gasteiger partial charge in [0.25, 0.3) is 0 Å². The summed E-state index contributed by atoms with van der Waals surface area (Å²) in [4.78, 5) is 2.11. The van der Waals surface area contributed by atoms with Crippen molar-refractivity contribution in [2.24, 2.45) is 17.1 Å². The van der Waals surface area contributed by atoms with Crippen LogP contribution in [0.15, 0.2) is 41.1 Å². The lowest BCUT2D eigenvalue weighted by molar-refractivity contribution is 0.237. The van der Waals surface area contributed by atoms with Gasteiger partial charge in [0.2, 0.25) is 0 Å². The monoisotopic (exact) mass is 431 g/mol. The van der Waals surface area contributed by atoms with Crippen LogP contribution in [0.2, 0.25) is 0 Å². The summed E-state index contributed by atoms with van der Waals surface area (Å²) in [6, 6.07) is 12.0. The van der Waals surface area contributed by atoms with Crippen LogP contribution in [0.5, 0.6) is 11.5 Å². The predicted molar refractivity (Wildman–Crippen MR) is 120 cm³/mol. The Morgan fingerprint density at radius 1 is 1.19 bits per heavy atom. The molecule has 1 heterocycles. The normalized spacial score (nSPS) is 22.1. The average Bonchev–Trinajstić information content (AvgIpc) is 2.81. The number of fused-ring (bicyclic) bond motifs is 1. The van der Waals surface area contributed by atoms with Gasteiger partial charge in [-0.05, 0) is 36.7 Å². The van der Waals surface area contributed by atoms with Gasteiger partial charge in [-0.15, -0.1) is 0 Å². The van der Waals surface area contributed by atoms with E-state index in [1.165, 1.54) is 0 Å². The Morgan fingerprint density at radius 3 is 2.56 bits per heavy atom. The van der Waals surface area contributed by atoms with Crippen molar-refractivity contribution in [1.29, 1.82) is 15.8 Å². The van der Waals surface area contributed by atoms with Crippen LogP contribution in [-0.2, 0) is 0 Å². The number of allylic oxidation sites excluding steroid dienone is 2. The highest BCUT2D eigenvalue weighted by molar-refractivity contribution is 5.60. The van der Waals surface area contributed by atoms with Gasteiger partial charge in [-0.25, -0.2) is 0 Å². The third kappa shape index (κ3) is 3.91. The summed E-state index contributed by atoms with van der Waals surface area (Å²) in [5, 5.41) is 30.1. The highest BCUT2D eigenvalue weighted by atomic mass is 16.5. The van der Waals surface area contributed by atoms with Crippen molar-refractivity contribution >= 4 is 0 Å². The number of hydrogen-bond donors (Lipinski definition) is 1. The number of unbranched alkanes of at least 4 members (excludes halogenated alkanes) is 2. The molecule has 32 heavy (non-hydrogen) atoms. The third-order valence-electron chi connectivity index (χ3n) is 6.40. The van der Waals surface area contributed by atoms with Gasteiger partial charge in [0.05, 0.1) is 37.1 Å². The molecule has 0 radical (unpaired) electrons. The number of methoxy groups -OCH3 is 1. The molecular weight excluding hydrogens is 402 g/mol. The molecule has 2 N–H and O–H groups in total. The van der Waals surface area contributed by atoms with Crippen LogP contribution in [-0.4, -0.2) is 38.8 Å². The molecule has 166 valence electrons. The summed E-state index contributed by atoms with van der Waals surface area (Å²) in [5.41, 5.74) is 6.56. The maximum atomic E-state index is 10.2. The minimum atomic E-state index is -1.65. The molecule has 7 nitrogen and oxygen atoms in total. The number of hydrogen-bond acceptors (Lipinski definition) is 7. The number of ether oxygens (including phenoxy) is 2. The van der Waals surface area contributed by atoms with E-state index in [9.17, 15) is 15.8 Å². The molecule has 0 aromatic heterocycles. The van der Waals surface area contributed by atoms with Gasteiger partial charge in [-0.2, -0.15) is 15.8 Å². The van der Waals surface area contributed by atoms with Crippen molar-refractivity contribution < 1.29 is 9.47 Å². The van der Waals surface area contributed by atoms with Crippen molar-refractivity contribution in [2.45, 2.75) is 32.1 Å². The van der Waals surface area contributed by atoms with Gasteiger partial charge in [0.1, 0.15) is 6.07 Å². The van der Waals surface area contributed by atoms with Crippen LogP contribution in [0.4, 0.5) is 0 Å². The number of benzene rings is 1. The molecule has 0 saturated carbocycles. The summed E-state index contributed by atoms with van der Waals surface area (Å²) in [5.74, 6) is 0.398. The quantitative estimate of drug-likeness (QED) is 0.655. The molecule has 1 aliphatic heterocycles. The molecule has 0 saturated heterocycles. The van der Waals surface area contributed by atoms with E-state index in [1.54, 1.807) is 7.11 Å². The van der Waals surface area contributed by atoms with Crippen LogP contribution in [0.3, 0.4) is 0 Å². The first kappa shape index (κ1) is 23.2. The predicted octanol–water partition coefficient (Wildman–Crippen LogP) is 3.62. The molecule has 0 unspecified atom stereocenters. The van der Waals surface area contributed by atoms with E-state index in [0.717, 1.165) is 30.4 Å². The van der Waals surface area contributed by atoms with E-state index in [1.807, 2.05) is 31.3 Å². The molecule has 0 bridgehead atoms. The Bertz CT molecular complexity index is 1040. The van der Waals surface area contributed by atoms with E-state index in [-0.39, 0.29) is 17.2 Å². The molecule has 3 rings (SSSR count). The summed E-state index contributed by atoms with van der Waals surface area (Å²) in [6.07, 6.45) is 5.13. The number of likely N-dealkylation sites (N-methyl/N-ethyl adjacent to an activating group) is 1. The van der Waals surface area contributed by atoms with Crippen LogP contribution >= 0.6 is 0 Å². The maximum Gasteiger partial charge on any atom is 0.191 e. The van der Waals surface area contributed by atoms with Gasteiger partial charge in [-0.1, -0.05) is 31.9 Å². The Morgan fingerprint density at radius 2 is 1.94 bits per heavy atom. The zero-order valence-corrected chi connectivity index (χ0v) is 18.9. The second-order valence-corrected chi connectivity index (χ2v) is 8.36. The Kier molecular flexibility index (Phi) is 7.08. The van der Waals surface area contributed by atoms with Gasteiger partial charge in [-0.3, -0.25) is 0 Å². The minimum Gasteiger partial charge on any atom is -0.493 e. The summed E-state index contributed by atoms with van der Waals surface area (Å²) < 4.78 is 11.5. The Hall–Kier alpha value is -3.47. The first-order valence-corrected chi connectivity index (χ1v) is 10.9. The van der Waals surface area contributed by atoms with E-state index >= 15 is 0 Å². The smallest absolute Gasteiger partial charge is 0.191 e. The Balaban J connectivity index is 2.12. The van der Waals surface area contributed by atoms with Crippen molar-refractivity contribution in [2.75, 3.05) is 33.9 Å². The molecular formula is C25H29N5O2. The highest BCUT2D eigenvalue weighted by Gasteiger charge is 2.54. The van der Waals surface area contributed by atoms with Crippen molar-refractivity contribution in [1.82, 2.24) is 4.90 Å². The molecule has 2 aliphatic rings. The summed E-state index contributed by atoms with van der Waals surface area (Å²) in [6.45, 7) is 4.02. The van der Waals surface area contributed by atoms with E-state index in [0.29, 0.717) is 31.2 Å². The first-order chi connectivity index (χ1) is 15.5. The fourth-order valence-electron chi connectivity index (χ4n) is 4.73. The zero-order chi connectivity index (χ0) is 23.3.